The molecule has 2 aromatic carbocycles. The minimum absolute atomic E-state index is 0.0249. The number of carbonyl (C=O) groups is 1. The van der Waals surface area contributed by atoms with E-state index in [1.165, 1.54) is 11.3 Å². The first-order valence-electron chi connectivity index (χ1n) is 10.8. The number of aliphatic hydroxyl groups excluding tert-OH is 1. The number of nitrogens with zero attached hydrogens (tertiary/aromatic N) is 2. The molecule has 0 aliphatic carbocycles. The Labute approximate surface area is 192 Å². The summed E-state index contributed by atoms with van der Waals surface area (Å²) >= 11 is 1.52. The van der Waals surface area contributed by atoms with Crippen LogP contribution in [0.5, 0.6) is 11.5 Å². The molecular formula is C24H29N3O4S. The number of aliphatic hydroxyl groups is 1. The van der Waals surface area contributed by atoms with Crippen molar-refractivity contribution in [2.75, 3.05) is 34.4 Å². The Hall–Kier alpha value is -2.68. The van der Waals surface area contributed by atoms with E-state index in [2.05, 4.69) is 5.32 Å². The van der Waals surface area contributed by atoms with Crippen molar-refractivity contribution < 1.29 is 19.4 Å². The molecule has 0 spiro atoms. The Morgan fingerprint density at radius 2 is 2.09 bits per heavy atom. The van der Waals surface area contributed by atoms with Gasteiger partial charge in [-0.15, -0.1) is 11.3 Å². The highest BCUT2D eigenvalue weighted by atomic mass is 32.1. The van der Waals surface area contributed by atoms with E-state index in [1.807, 2.05) is 31.3 Å². The molecule has 4 rings (SSSR count). The summed E-state index contributed by atoms with van der Waals surface area (Å²) in [5.74, 6) is 0.904. The topological polar surface area (TPSA) is 83.9 Å². The summed E-state index contributed by atoms with van der Waals surface area (Å²) in [6.45, 7) is 0.957. The van der Waals surface area contributed by atoms with Crippen LogP contribution in [0.1, 0.15) is 29.6 Å². The van der Waals surface area contributed by atoms with Crippen molar-refractivity contribution in [2.45, 2.75) is 31.3 Å². The summed E-state index contributed by atoms with van der Waals surface area (Å²) in [6, 6.07) is 11.5. The van der Waals surface area contributed by atoms with Gasteiger partial charge in [0.15, 0.2) is 11.5 Å². The molecule has 1 aromatic heterocycles. The van der Waals surface area contributed by atoms with Gasteiger partial charge in [0.25, 0.3) is 5.91 Å². The highest BCUT2D eigenvalue weighted by Gasteiger charge is 2.33. The molecule has 2 atom stereocenters. The molecule has 170 valence electrons. The van der Waals surface area contributed by atoms with Crippen molar-refractivity contribution in [1.82, 2.24) is 15.2 Å². The minimum Gasteiger partial charge on any atom is -0.493 e. The molecule has 0 radical (unpaired) electrons. The maximum Gasteiger partial charge on any atom is 0.254 e. The Morgan fingerprint density at radius 1 is 1.28 bits per heavy atom. The number of fused-ring (bicyclic) bond motifs is 1. The number of para-hydroxylation sites is 1. The molecule has 7 nitrogen and oxygen atoms in total. The first kappa shape index (κ1) is 22.5. The van der Waals surface area contributed by atoms with E-state index in [9.17, 15) is 9.90 Å². The van der Waals surface area contributed by atoms with E-state index in [0.29, 0.717) is 34.1 Å². The van der Waals surface area contributed by atoms with Gasteiger partial charge in [-0.25, -0.2) is 4.98 Å². The zero-order valence-corrected chi connectivity index (χ0v) is 19.4. The Bertz CT molecular complexity index is 1060. The average Bonchev–Trinajstić information content (AvgIpc) is 3.50. The SMILES string of the molecule is COc1ccc(C(=O)N(C)[C@@H](CCO)C2CCCN2)c(-c2nc3ccccc3s2)c1OC. The summed E-state index contributed by atoms with van der Waals surface area (Å²) in [7, 11) is 4.96. The molecule has 1 aliphatic rings. The van der Waals surface area contributed by atoms with Gasteiger partial charge in [0.2, 0.25) is 0 Å². The molecule has 0 saturated carbocycles. The molecular weight excluding hydrogens is 426 g/mol. The highest BCUT2D eigenvalue weighted by Crippen LogP contribution is 2.43. The zero-order chi connectivity index (χ0) is 22.7. The lowest BCUT2D eigenvalue weighted by Gasteiger charge is -2.33. The Balaban J connectivity index is 1.81. The fraction of sp³-hybridized carbons (Fsp3) is 0.417. The standard InChI is InChI=1S/C24H29N3O4S/c1-27(18(12-14-28)16-8-6-13-25-16)24(29)15-10-11-19(30-2)22(31-3)21(15)23-26-17-7-4-5-9-20(17)32-23/h4-5,7,9-11,16,18,25,28H,6,8,12-14H2,1-3H3/t16?,18-/m0/s1. The van der Waals surface area contributed by atoms with Crippen LogP contribution in [-0.2, 0) is 0 Å². The number of methoxy groups -OCH3 is 2. The van der Waals surface area contributed by atoms with Gasteiger partial charge in [-0.2, -0.15) is 0 Å². The summed E-state index contributed by atoms with van der Waals surface area (Å²) in [5.41, 5.74) is 2.01. The van der Waals surface area contributed by atoms with Crippen LogP contribution in [0.4, 0.5) is 0 Å². The monoisotopic (exact) mass is 455 g/mol. The number of rotatable bonds is 8. The molecule has 1 aliphatic heterocycles. The second-order valence-electron chi connectivity index (χ2n) is 7.91. The van der Waals surface area contributed by atoms with Crippen LogP contribution in [0.25, 0.3) is 20.8 Å². The van der Waals surface area contributed by atoms with Crippen LogP contribution in [0, 0.1) is 0 Å². The molecule has 32 heavy (non-hydrogen) atoms. The van der Waals surface area contributed by atoms with Gasteiger partial charge < -0.3 is 24.8 Å². The second kappa shape index (κ2) is 9.85. The number of benzene rings is 2. The number of ether oxygens (including phenoxy) is 2. The van der Waals surface area contributed by atoms with Gasteiger partial charge in [0.05, 0.1) is 35.6 Å². The third-order valence-corrected chi connectivity index (χ3v) is 7.14. The van der Waals surface area contributed by atoms with Gasteiger partial charge in [-0.05, 0) is 50.1 Å². The van der Waals surface area contributed by atoms with Crippen LogP contribution in [-0.4, -0.2) is 67.4 Å². The van der Waals surface area contributed by atoms with Crippen LogP contribution < -0.4 is 14.8 Å². The summed E-state index contributed by atoms with van der Waals surface area (Å²) in [5, 5.41) is 13.8. The Morgan fingerprint density at radius 3 is 2.75 bits per heavy atom. The predicted octanol–water partition coefficient (Wildman–Crippen LogP) is 3.56. The lowest BCUT2D eigenvalue weighted by Crippen LogP contribution is -2.49. The van der Waals surface area contributed by atoms with Gasteiger partial charge in [0, 0.05) is 25.7 Å². The fourth-order valence-corrected chi connectivity index (χ4v) is 5.50. The van der Waals surface area contributed by atoms with E-state index >= 15 is 0 Å². The van der Waals surface area contributed by atoms with Crippen molar-refractivity contribution in [3.8, 4) is 22.1 Å². The number of likely N-dealkylation sites (N-methyl/N-ethyl adjacent to an activating group) is 1. The van der Waals surface area contributed by atoms with Gasteiger partial charge in [-0.1, -0.05) is 12.1 Å². The quantitative estimate of drug-likeness (QED) is 0.540. The lowest BCUT2D eigenvalue weighted by atomic mass is 9.99. The molecule has 1 unspecified atom stereocenters. The molecule has 2 heterocycles. The fourth-order valence-electron chi connectivity index (χ4n) is 4.47. The molecule has 8 heteroatoms. The van der Waals surface area contributed by atoms with E-state index in [0.717, 1.165) is 29.6 Å². The molecule has 1 fully saturated rings. The number of thiazole rings is 1. The van der Waals surface area contributed by atoms with Crippen molar-refractivity contribution >= 4 is 27.5 Å². The van der Waals surface area contributed by atoms with E-state index in [-0.39, 0.29) is 24.6 Å². The van der Waals surface area contributed by atoms with E-state index in [1.54, 1.807) is 31.3 Å². The van der Waals surface area contributed by atoms with Crippen LogP contribution in [0.2, 0.25) is 0 Å². The largest absolute Gasteiger partial charge is 0.493 e. The summed E-state index contributed by atoms with van der Waals surface area (Å²) in [6.07, 6.45) is 2.57. The normalized spacial score (nSPS) is 16.8. The maximum absolute atomic E-state index is 13.8. The van der Waals surface area contributed by atoms with E-state index in [4.69, 9.17) is 14.5 Å². The molecule has 3 aromatic rings. The maximum atomic E-state index is 13.8. The van der Waals surface area contributed by atoms with Gasteiger partial charge >= 0.3 is 0 Å². The third-order valence-electron chi connectivity index (χ3n) is 6.09. The third kappa shape index (κ3) is 4.18. The molecule has 2 N–H and O–H groups in total. The smallest absolute Gasteiger partial charge is 0.254 e. The average molecular weight is 456 g/mol. The first-order chi connectivity index (χ1) is 15.6. The van der Waals surface area contributed by atoms with Gasteiger partial charge in [0.1, 0.15) is 5.01 Å². The predicted molar refractivity (Wildman–Crippen MR) is 127 cm³/mol. The molecule has 1 saturated heterocycles. The van der Waals surface area contributed by atoms with Crippen LogP contribution in [0.3, 0.4) is 0 Å². The van der Waals surface area contributed by atoms with Crippen molar-refractivity contribution in [3.05, 3.63) is 42.0 Å². The lowest BCUT2D eigenvalue weighted by molar-refractivity contribution is 0.0669. The number of hydrogen-bond acceptors (Lipinski definition) is 7. The minimum atomic E-state index is -0.132. The summed E-state index contributed by atoms with van der Waals surface area (Å²) < 4.78 is 12.3. The van der Waals surface area contributed by atoms with Crippen molar-refractivity contribution in [3.63, 3.8) is 0 Å². The van der Waals surface area contributed by atoms with Crippen molar-refractivity contribution in [1.29, 1.82) is 0 Å². The number of carbonyl (C=O) groups excluding carboxylic acids is 1. The number of aromatic nitrogens is 1. The van der Waals surface area contributed by atoms with Crippen molar-refractivity contribution in [2.24, 2.45) is 0 Å². The molecule has 1 amide bonds. The van der Waals surface area contributed by atoms with Crippen LogP contribution >= 0.6 is 11.3 Å². The van der Waals surface area contributed by atoms with E-state index < -0.39 is 0 Å². The number of amides is 1. The second-order valence-corrected chi connectivity index (χ2v) is 8.94. The number of hydrogen-bond donors (Lipinski definition) is 2. The number of nitrogens with one attached hydrogen (secondary N) is 1. The first-order valence-corrected chi connectivity index (χ1v) is 11.6. The highest BCUT2D eigenvalue weighted by molar-refractivity contribution is 7.21. The Kier molecular flexibility index (Phi) is 6.93. The zero-order valence-electron chi connectivity index (χ0n) is 18.6. The van der Waals surface area contributed by atoms with Gasteiger partial charge in [-0.3, -0.25) is 4.79 Å². The van der Waals surface area contributed by atoms with Crippen LogP contribution in [0.15, 0.2) is 36.4 Å². The summed E-state index contributed by atoms with van der Waals surface area (Å²) in [4.78, 5) is 20.3. The molecule has 0 bridgehead atoms.